The summed E-state index contributed by atoms with van der Waals surface area (Å²) in [6.07, 6.45) is -18.8. The SMILES string of the molecule is CNC(C(=O)NC1C(=O)NC(CC(N)=O)C(=O)NC2C(=O)NC3C(=O)NC(C(=O)NC(C(=O)O)c4cc(O)cc(O)c4-c4cc3ccc4O)C(O)c3ccc(c(Cl)c3)Oc3cc2cc(c3OC2OC(CO)C(O)C(O)C2OC2CC(C)(N)C(O)C(C)O2)Oc2ccc(cc2Cl)C1O)C(C)(C)C. The zero-order valence-corrected chi connectivity index (χ0v) is 56.1. The summed E-state index contributed by atoms with van der Waals surface area (Å²) in [7, 11) is 1.46. The molecule has 0 spiro atoms. The molecule has 7 heterocycles. The van der Waals surface area contributed by atoms with E-state index in [4.69, 9.17) is 63.1 Å². The van der Waals surface area contributed by atoms with Crippen LogP contribution in [0.4, 0.5) is 0 Å². The van der Waals surface area contributed by atoms with Crippen molar-refractivity contribution in [2.24, 2.45) is 16.9 Å². The number of carbonyl (C=O) groups is 8. The van der Waals surface area contributed by atoms with Gasteiger partial charge in [-0.25, -0.2) is 4.79 Å². The molecule has 542 valence electrons. The Morgan fingerprint density at radius 2 is 1.31 bits per heavy atom. The first-order chi connectivity index (χ1) is 47.5. The number of rotatable bonds is 11. The summed E-state index contributed by atoms with van der Waals surface area (Å²) >= 11 is 14.1. The second-order valence-electron chi connectivity index (χ2n) is 26.3. The minimum atomic E-state index is -2.35. The Kier molecular flexibility index (Phi) is 21.7. The number of benzene rings is 5. The zero-order valence-electron chi connectivity index (χ0n) is 54.5. The molecule has 7 aliphatic heterocycles. The van der Waals surface area contributed by atoms with Crippen molar-refractivity contribution in [3.63, 3.8) is 0 Å². The molecular formula is C66H75Cl2N9O24. The number of carbonyl (C=O) groups excluding carboxylic acids is 7. The molecule has 11 bridgehead atoms. The third-order valence-electron chi connectivity index (χ3n) is 17.8. The summed E-state index contributed by atoms with van der Waals surface area (Å²) in [5.41, 5.74) is 7.14. The zero-order chi connectivity index (χ0) is 73.8. The molecule has 0 aliphatic carbocycles. The van der Waals surface area contributed by atoms with Crippen LogP contribution in [0.1, 0.15) is 106 Å². The molecule has 0 radical (unpaired) electrons. The number of carboxylic acids is 1. The van der Waals surface area contributed by atoms with Crippen LogP contribution in [0.5, 0.6) is 46.0 Å². The van der Waals surface area contributed by atoms with E-state index < -0.39 is 243 Å². The molecule has 0 aromatic heterocycles. The Labute approximate surface area is 584 Å². The maximum absolute atomic E-state index is 16.0. The lowest BCUT2D eigenvalue weighted by atomic mass is 9.86. The second-order valence-corrected chi connectivity index (χ2v) is 27.1. The summed E-state index contributed by atoms with van der Waals surface area (Å²) in [5, 5.41) is 131. The molecule has 33 nitrogen and oxygen atoms in total. The number of fused-ring (bicyclic) bond motifs is 15. The van der Waals surface area contributed by atoms with Crippen LogP contribution in [0.3, 0.4) is 0 Å². The van der Waals surface area contributed by atoms with E-state index in [9.17, 15) is 75.0 Å². The van der Waals surface area contributed by atoms with Crippen LogP contribution in [-0.2, 0) is 52.6 Å². The van der Waals surface area contributed by atoms with E-state index in [1.807, 2.05) is 0 Å². The lowest BCUT2D eigenvalue weighted by Crippen LogP contribution is -2.64. The van der Waals surface area contributed by atoms with Crippen LogP contribution in [0.15, 0.2) is 78.9 Å². The summed E-state index contributed by atoms with van der Waals surface area (Å²) < 4.78 is 38.3. The Morgan fingerprint density at radius 1 is 0.713 bits per heavy atom. The van der Waals surface area contributed by atoms with Crippen LogP contribution in [-0.4, -0.2) is 191 Å². The lowest BCUT2D eigenvalue weighted by molar-refractivity contribution is -0.333. The second kappa shape index (κ2) is 29.4. The van der Waals surface area contributed by atoms with Crippen LogP contribution >= 0.6 is 23.2 Å². The van der Waals surface area contributed by atoms with Gasteiger partial charge >= 0.3 is 5.97 Å². The predicted molar refractivity (Wildman–Crippen MR) is 349 cm³/mol. The van der Waals surface area contributed by atoms with E-state index >= 15 is 14.4 Å². The van der Waals surface area contributed by atoms with Gasteiger partial charge in [0.05, 0.1) is 41.3 Å². The van der Waals surface area contributed by atoms with Crippen molar-refractivity contribution in [1.82, 2.24) is 37.2 Å². The topological polar surface area (TPSA) is 530 Å². The maximum atomic E-state index is 16.0. The van der Waals surface area contributed by atoms with E-state index in [2.05, 4.69) is 37.2 Å². The molecule has 2 saturated heterocycles. The van der Waals surface area contributed by atoms with Crippen molar-refractivity contribution in [3.05, 3.63) is 117 Å². The maximum Gasteiger partial charge on any atom is 0.330 e. The number of phenols is 3. The number of nitrogens with two attached hydrogens (primary N) is 2. The monoisotopic (exact) mass is 1450 g/mol. The number of aliphatic hydroxyl groups is 6. The summed E-state index contributed by atoms with van der Waals surface area (Å²) in [6.45, 7) is 7.11. The Balaban J connectivity index is 1.24. The number of phenolic OH excluding ortho intramolecular Hbond substituents is 3. The molecule has 101 heavy (non-hydrogen) atoms. The van der Waals surface area contributed by atoms with Crippen molar-refractivity contribution in [2.75, 3.05) is 13.7 Å². The number of hydrogen-bond donors (Lipinski definition) is 19. The van der Waals surface area contributed by atoms with E-state index in [0.29, 0.717) is 0 Å². The minimum Gasteiger partial charge on any atom is -0.508 e. The van der Waals surface area contributed by atoms with Crippen molar-refractivity contribution in [3.8, 4) is 57.1 Å². The average molecular weight is 1450 g/mol. The molecule has 0 saturated carbocycles. The molecule has 18 atom stereocenters. The lowest BCUT2D eigenvalue weighted by Gasteiger charge is -2.47. The highest BCUT2D eigenvalue weighted by molar-refractivity contribution is 6.32. The minimum absolute atomic E-state index is 0.170. The molecular weight excluding hydrogens is 1370 g/mol. The normalized spacial score (nSPS) is 29.6. The van der Waals surface area contributed by atoms with Gasteiger partial charge in [0.25, 0.3) is 0 Å². The van der Waals surface area contributed by atoms with Crippen molar-refractivity contribution < 1.29 is 118 Å². The number of aromatic hydroxyl groups is 3. The van der Waals surface area contributed by atoms with E-state index in [1.54, 1.807) is 20.8 Å². The molecule has 18 unspecified atom stereocenters. The average Bonchev–Trinajstić information content (AvgIpc) is 0.761. The largest absolute Gasteiger partial charge is 0.508 e. The van der Waals surface area contributed by atoms with Gasteiger partial charge in [0.1, 0.15) is 89.5 Å². The number of aliphatic carboxylic acids is 1. The Bertz CT molecular complexity index is 4100. The van der Waals surface area contributed by atoms with Crippen LogP contribution < -0.4 is 62.9 Å². The molecule has 21 N–H and O–H groups in total. The fraction of sp³-hybridized carbons (Fsp3) is 0.424. The van der Waals surface area contributed by atoms with Gasteiger partial charge < -0.3 is 128 Å². The van der Waals surface area contributed by atoms with Crippen molar-refractivity contribution in [1.29, 1.82) is 0 Å². The molecule has 2 fully saturated rings. The fourth-order valence-electron chi connectivity index (χ4n) is 12.6. The van der Waals surface area contributed by atoms with Gasteiger partial charge in [-0.3, -0.25) is 33.6 Å². The smallest absolute Gasteiger partial charge is 0.330 e. The van der Waals surface area contributed by atoms with Gasteiger partial charge in [-0.2, -0.15) is 0 Å². The molecule has 5 aromatic rings. The first kappa shape index (κ1) is 74.5. The Hall–Kier alpha value is -9.20. The van der Waals surface area contributed by atoms with Crippen LogP contribution in [0.2, 0.25) is 10.0 Å². The van der Waals surface area contributed by atoms with Crippen molar-refractivity contribution >= 4 is 70.5 Å². The highest BCUT2D eigenvalue weighted by Crippen LogP contribution is 2.50. The highest BCUT2D eigenvalue weighted by atomic mass is 35.5. The number of ether oxygens (including phenoxy) is 6. The number of likely N-dealkylation sites (N-methyl/N-ethyl adjacent to an activating group) is 1. The van der Waals surface area contributed by atoms with Crippen LogP contribution in [0.25, 0.3) is 11.1 Å². The number of nitrogens with one attached hydrogen (secondary N) is 7. The highest BCUT2D eigenvalue weighted by Gasteiger charge is 2.52. The van der Waals surface area contributed by atoms with E-state index in [0.717, 1.165) is 66.7 Å². The quantitative estimate of drug-likeness (QED) is 0.0834. The van der Waals surface area contributed by atoms with Crippen LogP contribution in [0, 0.1) is 5.41 Å². The number of hydrogen-bond acceptors (Lipinski definition) is 25. The number of aliphatic hydroxyl groups excluding tert-OH is 6. The van der Waals surface area contributed by atoms with Gasteiger partial charge in [0.15, 0.2) is 29.9 Å². The number of carboxylic acid groups (broad SMARTS) is 1. The number of amides is 7. The van der Waals surface area contributed by atoms with Gasteiger partial charge in [-0.1, -0.05) is 62.2 Å². The third kappa shape index (κ3) is 15.5. The molecule has 5 aromatic carbocycles. The molecule has 12 rings (SSSR count). The Morgan fingerprint density at radius 3 is 1.88 bits per heavy atom. The van der Waals surface area contributed by atoms with Gasteiger partial charge in [0.2, 0.25) is 53.4 Å². The summed E-state index contributed by atoms with van der Waals surface area (Å²) in [4.78, 5) is 117. The molecule has 7 aliphatic rings. The first-order valence-corrected chi connectivity index (χ1v) is 32.2. The van der Waals surface area contributed by atoms with E-state index in [1.165, 1.54) is 33.0 Å². The standard InChI is InChI=1S/C66H75Cl2N9O24/c1-23-56(87)66(5,70)21-42(96-23)100-54-52(86)51(85)40(22-78)99-64(54)101-53-38-16-27-17-39(53)98-37-12-9-26(15-32(37)68)50(84)48-61(92)75-46(63(94)95)30-18-28(79)19-35(81)43(30)29-13-24(7-10-34(29)80)44(58(89)76-48)74-59(90)45(27)73-57(88)33(20-41(69)82)72-60(91)47(77-62(93)55(71-6)65(2,3)4)49(83)25-8-11-36(97-38)31(67)14-25/h7-19,23,33,40,42,44-52,54-56,64,71,78-81,83-87H,20-22,70H2,1-6H3,(H2,69,82)(H,72,91)(H,73,88)(H,74,90)(H,75,92)(H,76,89)(H,77,93)(H,94,95). The predicted octanol–water partition coefficient (Wildman–Crippen LogP) is 0.106. The summed E-state index contributed by atoms with van der Waals surface area (Å²) in [6, 6.07) is -0.815. The number of primary amides is 1. The third-order valence-corrected chi connectivity index (χ3v) is 18.4. The fourth-order valence-corrected chi connectivity index (χ4v) is 13.1. The number of halogens is 2. The van der Waals surface area contributed by atoms with E-state index in [-0.39, 0.29) is 33.9 Å². The summed E-state index contributed by atoms with van der Waals surface area (Å²) in [5.74, 6) is -16.0. The molecule has 7 amide bonds. The van der Waals surface area contributed by atoms with Gasteiger partial charge in [0, 0.05) is 34.7 Å². The first-order valence-electron chi connectivity index (χ1n) is 31.4. The van der Waals surface area contributed by atoms with Crippen molar-refractivity contribution in [2.45, 2.75) is 157 Å². The molecule has 35 heteroatoms. The van der Waals surface area contributed by atoms with Gasteiger partial charge in [-0.05, 0) is 103 Å². The van der Waals surface area contributed by atoms with Gasteiger partial charge in [-0.15, -0.1) is 0 Å².